The second kappa shape index (κ2) is 8.12. The predicted molar refractivity (Wildman–Crippen MR) is 106 cm³/mol. The normalized spacial score (nSPS) is 10.6. The highest BCUT2D eigenvalue weighted by Gasteiger charge is 2.16. The van der Waals surface area contributed by atoms with E-state index in [-0.39, 0.29) is 5.91 Å². The summed E-state index contributed by atoms with van der Waals surface area (Å²) in [5, 5.41) is 8.26. The van der Waals surface area contributed by atoms with Crippen molar-refractivity contribution in [2.45, 2.75) is 6.54 Å². The van der Waals surface area contributed by atoms with Gasteiger partial charge in [0.25, 0.3) is 5.91 Å². The molecule has 26 heavy (non-hydrogen) atoms. The Morgan fingerprint density at radius 2 is 2.04 bits per heavy atom. The van der Waals surface area contributed by atoms with E-state index in [1.807, 2.05) is 24.3 Å². The maximum Gasteiger partial charge on any atom is 0.260 e. The highest BCUT2D eigenvalue weighted by Crippen LogP contribution is 2.26. The summed E-state index contributed by atoms with van der Waals surface area (Å²) >= 11 is 15.6. The van der Waals surface area contributed by atoms with Crippen molar-refractivity contribution in [3.8, 4) is 5.75 Å². The maximum absolute atomic E-state index is 12.6. The van der Waals surface area contributed by atoms with E-state index in [0.717, 1.165) is 5.56 Å². The average Bonchev–Trinajstić information content (AvgIpc) is 2.96. The zero-order chi connectivity index (χ0) is 18.7. The summed E-state index contributed by atoms with van der Waals surface area (Å²) in [6.07, 6.45) is 1.77. The minimum atomic E-state index is -0.368. The van der Waals surface area contributed by atoms with E-state index in [9.17, 15) is 4.79 Å². The molecular formula is C18H14BrCl2N3O2. The fraction of sp³-hybridized carbons (Fsp3) is 0.111. The SMILES string of the molecule is COc1ccc(Cl)cc1C(=O)Nc1nn(Cc2ccccc2Cl)cc1Br. The van der Waals surface area contributed by atoms with E-state index in [4.69, 9.17) is 27.9 Å². The molecule has 1 heterocycles. The van der Waals surface area contributed by atoms with Gasteiger partial charge in [0.1, 0.15) is 5.75 Å². The van der Waals surface area contributed by atoms with Gasteiger partial charge in [-0.15, -0.1) is 0 Å². The highest BCUT2D eigenvalue weighted by molar-refractivity contribution is 9.10. The van der Waals surface area contributed by atoms with E-state index >= 15 is 0 Å². The van der Waals surface area contributed by atoms with Gasteiger partial charge in [-0.1, -0.05) is 41.4 Å². The third-order valence-electron chi connectivity index (χ3n) is 3.65. The number of hydrogen-bond donors (Lipinski definition) is 1. The van der Waals surface area contributed by atoms with Crippen molar-refractivity contribution in [2.75, 3.05) is 12.4 Å². The summed E-state index contributed by atoms with van der Waals surface area (Å²) < 4.78 is 7.56. The quantitative estimate of drug-likeness (QED) is 0.571. The van der Waals surface area contributed by atoms with Gasteiger partial charge in [-0.2, -0.15) is 5.10 Å². The summed E-state index contributed by atoms with van der Waals surface area (Å²) in [6.45, 7) is 0.481. The summed E-state index contributed by atoms with van der Waals surface area (Å²) in [6, 6.07) is 12.4. The molecule has 134 valence electrons. The van der Waals surface area contributed by atoms with Gasteiger partial charge in [0.05, 0.1) is 23.7 Å². The third kappa shape index (κ3) is 4.20. The fourth-order valence-electron chi connectivity index (χ4n) is 2.40. The monoisotopic (exact) mass is 453 g/mol. The van der Waals surface area contributed by atoms with E-state index in [1.165, 1.54) is 7.11 Å². The number of carbonyl (C=O) groups excluding carboxylic acids is 1. The molecule has 0 aliphatic heterocycles. The molecule has 3 rings (SSSR count). The van der Waals surface area contributed by atoms with Gasteiger partial charge >= 0.3 is 0 Å². The number of ether oxygens (including phenoxy) is 1. The second-order valence-corrected chi connectivity index (χ2v) is 7.11. The summed E-state index contributed by atoms with van der Waals surface area (Å²) in [4.78, 5) is 12.6. The molecule has 0 bridgehead atoms. The highest BCUT2D eigenvalue weighted by atomic mass is 79.9. The standard InChI is InChI=1S/C18H14BrCl2N3O2/c1-26-16-7-6-12(20)8-13(16)18(25)22-17-14(19)10-24(23-17)9-11-4-2-3-5-15(11)21/h2-8,10H,9H2,1H3,(H,22,23,25). The second-order valence-electron chi connectivity index (χ2n) is 5.41. The third-order valence-corrected chi connectivity index (χ3v) is 4.83. The van der Waals surface area contributed by atoms with Crippen LogP contribution >= 0.6 is 39.1 Å². The van der Waals surface area contributed by atoms with Crippen molar-refractivity contribution in [1.29, 1.82) is 0 Å². The van der Waals surface area contributed by atoms with Crippen molar-refractivity contribution in [3.05, 3.63) is 74.3 Å². The largest absolute Gasteiger partial charge is 0.496 e. The Balaban J connectivity index is 1.81. The van der Waals surface area contributed by atoms with Gasteiger partial charge in [-0.25, -0.2) is 0 Å². The lowest BCUT2D eigenvalue weighted by molar-refractivity contribution is 0.102. The van der Waals surface area contributed by atoms with E-state index in [2.05, 4.69) is 26.3 Å². The first-order valence-corrected chi connectivity index (χ1v) is 9.14. The van der Waals surface area contributed by atoms with E-state index < -0.39 is 0 Å². The molecule has 0 spiro atoms. The lowest BCUT2D eigenvalue weighted by Crippen LogP contribution is -2.14. The molecule has 0 aliphatic carbocycles. The van der Waals surface area contributed by atoms with Crippen LogP contribution in [0.15, 0.2) is 53.1 Å². The smallest absolute Gasteiger partial charge is 0.260 e. The lowest BCUT2D eigenvalue weighted by atomic mass is 10.2. The van der Waals surface area contributed by atoms with Crippen molar-refractivity contribution < 1.29 is 9.53 Å². The zero-order valence-electron chi connectivity index (χ0n) is 13.7. The number of hydrogen-bond acceptors (Lipinski definition) is 3. The van der Waals surface area contributed by atoms with Gasteiger partial charge in [0.15, 0.2) is 5.82 Å². The molecule has 0 saturated carbocycles. The van der Waals surface area contributed by atoms with Crippen LogP contribution < -0.4 is 10.1 Å². The Morgan fingerprint density at radius 1 is 1.27 bits per heavy atom. The number of halogens is 3. The number of amides is 1. The zero-order valence-corrected chi connectivity index (χ0v) is 16.8. The van der Waals surface area contributed by atoms with Gasteiger partial charge in [-0.3, -0.25) is 9.48 Å². The molecule has 5 nitrogen and oxygen atoms in total. The van der Waals surface area contributed by atoms with Crippen LogP contribution in [0.4, 0.5) is 5.82 Å². The molecule has 0 radical (unpaired) electrons. The van der Waals surface area contributed by atoms with Crippen molar-refractivity contribution in [1.82, 2.24) is 9.78 Å². The Labute approximate surface area is 169 Å². The van der Waals surface area contributed by atoms with E-state index in [1.54, 1.807) is 29.1 Å². The fourth-order valence-corrected chi connectivity index (χ4v) is 3.18. The first-order chi connectivity index (χ1) is 12.5. The first-order valence-electron chi connectivity index (χ1n) is 7.59. The van der Waals surface area contributed by atoms with Crippen molar-refractivity contribution in [2.24, 2.45) is 0 Å². The molecule has 0 aliphatic rings. The molecule has 1 aromatic heterocycles. The number of carbonyl (C=O) groups is 1. The molecule has 2 aromatic carbocycles. The number of rotatable bonds is 5. The van der Waals surface area contributed by atoms with Crippen LogP contribution in [0, 0.1) is 0 Å². The Bertz CT molecular complexity index is 959. The minimum absolute atomic E-state index is 0.326. The Morgan fingerprint density at radius 3 is 2.77 bits per heavy atom. The minimum Gasteiger partial charge on any atom is -0.496 e. The van der Waals surface area contributed by atoms with Gasteiger partial charge < -0.3 is 10.1 Å². The molecule has 0 unspecified atom stereocenters. The van der Waals surface area contributed by atoms with Gasteiger partial charge in [-0.05, 0) is 45.8 Å². The van der Waals surface area contributed by atoms with Gasteiger partial charge in [0.2, 0.25) is 0 Å². The first kappa shape index (κ1) is 18.8. The number of aromatic nitrogens is 2. The van der Waals surface area contributed by atoms with Crippen molar-refractivity contribution >= 4 is 50.9 Å². The number of nitrogens with zero attached hydrogens (tertiary/aromatic N) is 2. The van der Waals surface area contributed by atoms with Gasteiger partial charge in [0, 0.05) is 16.2 Å². The van der Waals surface area contributed by atoms with Crippen LogP contribution in [0.1, 0.15) is 15.9 Å². The predicted octanol–water partition coefficient (Wildman–Crippen LogP) is 5.26. The van der Waals surface area contributed by atoms with Crippen LogP contribution in [0.5, 0.6) is 5.75 Å². The van der Waals surface area contributed by atoms with Crippen LogP contribution in [0.3, 0.4) is 0 Å². The molecule has 1 N–H and O–H groups in total. The Hall–Kier alpha value is -2.02. The molecule has 1 amide bonds. The molecule has 3 aromatic rings. The molecule has 0 atom stereocenters. The van der Waals surface area contributed by atoms with Crippen LogP contribution in [0.25, 0.3) is 0 Å². The molecule has 0 fully saturated rings. The number of methoxy groups -OCH3 is 1. The topological polar surface area (TPSA) is 56.1 Å². The van der Waals surface area contributed by atoms with Crippen LogP contribution in [0.2, 0.25) is 10.0 Å². The number of anilines is 1. The molecule has 8 heteroatoms. The molecule has 0 saturated heterocycles. The summed E-state index contributed by atoms with van der Waals surface area (Å²) in [5.41, 5.74) is 1.26. The average molecular weight is 455 g/mol. The number of nitrogens with one attached hydrogen (secondary N) is 1. The van der Waals surface area contributed by atoms with Crippen LogP contribution in [-0.2, 0) is 6.54 Å². The maximum atomic E-state index is 12.6. The lowest BCUT2D eigenvalue weighted by Gasteiger charge is -2.08. The summed E-state index contributed by atoms with van der Waals surface area (Å²) in [7, 11) is 1.49. The van der Waals surface area contributed by atoms with Crippen LogP contribution in [-0.4, -0.2) is 22.8 Å². The van der Waals surface area contributed by atoms with Crippen molar-refractivity contribution in [3.63, 3.8) is 0 Å². The molecular weight excluding hydrogens is 441 g/mol. The number of benzene rings is 2. The van der Waals surface area contributed by atoms with E-state index in [0.29, 0.717) is 38.2 Å². The summed E-state index contributed by atoms with van der Waals surface area (Å²) in [5.74, 6) is 0.454. The Kier molecular flexibility index (Phi) is 5.86.